The lowest BCUT2D eigenvalue weighted by atomic mass is 9.47. The van der Waals surface area contributed by atoms with Crippen molar-refractivity contribution in [2.24, 2.45) is 46.3 Å². The fraction of sp³-hybridized carbons (Fsp3) is 0.917. The molecule has 0 unspecified atom stereocenters. The topological polar surface area (TPSA) is 26.3 Å². The molecule has 38 heavy (non-hydrogen) atoms. The van der Waals surface area contributed by atoms with Gasteiger partial charge in [-0.15, -0.1) is 0 Å². The van der Waals surface area contributed by atoms with Crippen molar-refractivity contribution in [3.05, 3.63) is 11.6 Å². The summed E-state index contributed by atoms with van der Waals surface area (Å²) < 4.78 is 6.04. The van der Waals surface area contributed by atoms with Crippen molar-refractivity contribution in [1.82, 2.24) is 0 Å². The summed E-state index contributed by atoms with van der Waals surface area (Å²) in [5.74, 6) is 5.34. The number of unbranched alkanes of at least 4 members (excludes halogenated alkanes) is 5. The van der Waals surface area contributed by atoms with Gasteiger partial charge in [0.05, 0.1) is 0 Å². The van der Waals surface area contributed by atoms with E-state index in [0.29, 0.717) is 17.3 Å². The fourth-order valence-electron chi connectivity index (χ4n) is 10.0. The number of esters is 1. The Hall–Kier alpha value is -0.790. The molecule has 4 rings (SSSR count). The number of carbonyl (C=O) groups excluding carboxylic acids is 1. The second-order valence-corrected chi connectivity index (χ2v) is 15.2. The molecular formula is C36H62O2. The van der Waals surface area contributed by atoms with Gasteiger partial charge in [-0.1, -0.05) is 105 Å². The molecule has 0 bridgehead atoms. The highest BCUT2D eigenvalue weighted by Crippen LogP contribution is 2.67. The summed E-state index contributed by atoms with van der Waals surface area (Å²) in [4.78, 5) is 12.6. The van der Waals surface area contributed by atoms with Crippen LogP contribution in [0.5, 0.6) is 0 Å². The quantitative estimate of drug-likeness (QED) is 0.135. The van der Waals surface area contributed by atoms with Crippen molar-refractivity contribution in [1.29, 1.82) is 0 Å². The van der Waals surface area contributed by atoms with E-state index in [1.54, 1.807) is 5.57 Å². The standard InChI is InChI=1S/C36H62O2/c1-7-8-9-10-11-12-16-34(37)38-29-21-23-35(5)28(25-29)17-18-30-32-20-19-31(27(4)15-13-14-26(2)3)36(32,6)24-22-33(30)35/h17,26-27,29-33H,7-16,18-25H2,1-6H3/t27-,29-,30+,31-,32+,33+,35-,36-/m0/s1. The first-order chi connectivity index (χ1) is 18.2. The molecule has 2 heteroatoms. The SMILES string of the molecule is CCCCCCCCC(=O)O[C@H]1CC[C@@]2(C)C(=CC[C@@H]3[C@H]4CC[C@@H]([C@@H](C)CCCC(C)C)[C@]4(C)CC[C@H]32)C1. The van der Waals surface area contributed by atoms with Crippen LogP contribution < -0.4 is 0 Å². The lowest BCUT2D eigenvalue weighted by Crippen LogP contribution is -2.51. The Kier molecular flexibility index (Phi) is 10.5. The monoisotopic (exact) mass is 526 g/mol. The van der Waals surface area contributed by atoms with Crippen LogP contribution in [0.2, 0.25) is 0 Å². The minimum absolute atomic E-state index is 0.0522. The van der Waals surface area contributed by atoms with Gasteiger partial charge >= 0.3 is 5.97 Å². The molecular weight excluding hydrogens is 464 g/mol. The maximum atomic E-state index is 12.6. The molecule has 0 spiro atoms. The summed E-state index contributed by atoms with van der Waals surface area (Å²) >= 11 is 0. The molecule has 0 heterocycles. The van der Waals surface area contributed by atoms with Crippen LogP contribution in [0.3, 0.4) is 0 Å². The molecule has 0 amide bonds. The number of fused-ring (bicyclic) bond motifs is 5. The van der Waals surface area contributed by atoms with Crippen LogP contribution in [0.1, 0.15) is 157 Å². The van der Waals surface area contributed by atoms with Gasteiger partial charge in [0.15, 0.2) is 0 Å². The minimum atomic E-state index is 0.0522. The highest BCUT2D eigenvalue weighted by molar-refractivity contribution is 5.69. The summed E-state index contributed by atoms with van der Waals surface area (Å²) in [6.07, 6.45) is 25.3. The number of hydrogen-bond donors (Lipinski definition) is 0. The maximum absolute atomic E-state index is 12.6. The Morgan fingerprint density at radius 2 is 1.68 bits per heavy atom. The average Bonchev–Trinajstić information content (AvgIpc) is 3.23. The van der Waals surface area contributed by atoms with Crippen molar-refractivity contribution in [2.45, 2.75) is 163 Å². The number of rotatable bonds is 13. The molecule has 4 aliphatic rings. The van der Waals surface area contributed by atoms with E-state index in [1.807, 2.05) is 0 Å². The second kappa shape index (κ2) is 13.2. The van der Waals surface area contributed by atoms with Crippen molar-refractivity contribution in [3.63, 3.8) is 0 Å². The highest BCUT2D eigenvalue weighted by atomic mass is 16.5. The molecule has 3 fully saturated rings. The molecule has 3 saturated carbocycles. The van der Waals surface area contributed by atoms with Crippen molar-refractivity contribution >= 4 is 5.97 Å². The van der Waals surface area contributed by atoms with Crippen molar-refractivity contribution < 1.29 is 9.53 Å². The third kappa shape index (κ3) is 6.57. The van der Waals surface area contributed by atoms with Crippen LogP contribution >= 0.6 is 0 Å². The molecule has 8 atom stereocenters. The molecule has 0 saturated heterocycles. The van der Waals surface area contributed by atoms with E-state index in [0.717, 1.165) is 54.8 Å². The first kappa shape index (κ1) is 30.2. The first-order valence-corrected chi connectivity index (χ1v) is 17.1. The van der Waals surface area contributed by atoms with Gasteiger partial charge in [0.25, 0.3) is 0 Å². The molecule has 2 nitrogen and oxygen atoms in total. The highest BCUT2D eigenvalue weighted by Gasteiger charge is 2.59. The van der Waals surface area contributed by atoms with Crippen molar-refractivity contribution in [2.75, 3.05) is 0 Å². The minimum Gasteiger partial charge on any atom is -0.462 e. The number of carbonyl (C=O) groups is 1. The van der Waals surface area contributed by atoms with E-state index in [2.05, 4.69) is 47.6 Å². The van der Waals surface area contributed by atoms with Gasteiger partial charge in [0.2, 0.25) is 0 Å². The van der Waals surface area contributed by atoms with E-state index >= 15 is 0 Å². The largest absolute Gasteiger partial charge is 0.462 e. The Morgan fingerprint density at radius 1 is 0.921 bits per heavy atom. The smallest absolute Gasteiger partial charge is 0.306 e. The molecule has 0 aliphatic heterocycles. The van der Waals surface area contributed by atoms with Gasteiger partial charge < -0.3 is 4.74 Å². The number of ether oxygens (including phenoxy) is 1. The zero-order valence-corrected chi connectivity index (χ0v) is 26.2. The van der Waals surface area contributed by atoms with Gasteiger partial charge in [0.1, 0.15) is 6.10 Å². The molecule has 218 valence electrons. The lowest BCUT2D eigenvalue weighted by Gasteiger charge is -2.58. The van der Waals surface area contributed by atoms with E-state index in [1.165, 1.54) is 89.9 Å². The lowest BCUT2D eigenvalue weighted by molar-refractivity contribution is -0.151. The Labute approximate surface area is 236 Å². The van der Waals surface area contributed by atoms with Crippen LogP contribution in [-0.2, 0) is 9.53 Å². The Morgan fingerprint density at radius 3 is 2.45 bits per heavy atom. The predicted molar refractivity (Wildman–Crippen MR) is 161 cm³/mol. The average molecular weight is 527 g/mol. The Balaban J connectivity index is 1.31. The zero-order valence-electron chi connectivity index (χ0n) is 26.2. The number of hydrogen-bond acceptors (Lipinski definition) is 2. The summed E-state index contributed by atoms with van der Waals surface area (Å²) in [7, 11) is 0. The molecule has 0 radical (unpaired) electrons. The predicted octanol–water partition coefficient (Wildman–Crippen LogP) is 10.7. The van der Waals surface area contributed by atoms with Gasteiger partial charge in [-0.25, -0.2) is 0 Å². The first-order valence-electron chi connectivity index (χ1n) is 17.1. The van der Waals surface area contributed by atoms with Gasteiger partial charge in [-0.05, 0) is 97.7 Å². The fourth-order valence-corrected chi connectivity index (χ4v) is 10.0. The third-order valence-corrected chi connectivity index (χ3v) is 12.3. The molecule has 0 aromatic carbocycles. The number of allylic oxidation sites excluding steroid dienone is 1. The van der Waals surface area contributed by atoms with Gasteiger partial charge in [-0.3, -0.25) is 4.79 Å². The van der Waals surface area contributed by atoms with Gasteiger partial charge in [-0.2, -0.15) is 0 Å². The summed E-state index contributed by atoms with van der Waals surface area (Å²) in [5.41, 5.74) is 2.54. The van der Waals surface area contributed by atoms with Crippen LogP contribution in [-0.4, -0.2) is 12.1 Å². The second-order valence-electron chi connectivity index (χ2n) is 15.2. The van der Waals surface area contributed by atoms with Crippen LogP contribution in [0.25, 0.3) is 0 Å². The van der Waals surface area contributed by atoms with E-state index in [-0.39, 0.29) is 12.1 Å². The summed E-state index contributed by atoms with van der Waals surface area (Å²) in [5, 5.41) is 0. The third-order valence-electron chi connectivity index (χ3n) is 12.3. The van der Waals surface area contributed by atoms with Gasteiger partial charge in [0, 0.05) is 12.8 Å². The van der Waals surface area contributed by atoms with E-state index in [9.17, 15) is 4.79 Å². The van der Waals surface area contributed by atoms with E-state index in [4.69, 9.17) is 4.74 Å². The summed E-state index contributed by atoms with van der Waals surface area (Å²) in [6.45, 7) is 14.9. The van der Waals surface area contributed by atoms with Crippen LogP contribution in [0.15, 0.2) is 11.6 Å². The normalized spacial score (nSPS) is 37.2. The zero-order chi connectivity index (χ0) is 27.3. The van der Waals surface area contributed by atoms with Crippen molar-refractivity contribution in [3.8, 4) is 0 Å². The molecule has 0 N–H and O–H groups in total. The molecule has 0 aromatic rings. The Bertz CT molecular complexity index is 797. The van der Waals surface area contributed by atoms with Crippen LogP contribution in [0, 0.1) is 46.3 Å². The maximum Gasteiger partial charge on any atom is 0.306 e. The molecule has 0 aromatic heterocycles. The van der Waals surface area contributed by atoms with Crippen LogP contribution in [0.4, 0.5) is 0 Å². The van der Waals surface area contributed by atoms with E-state index < -0.39 is 0 Å². The molecule has 4 aliphatic carbocycles. The summed E-state index contributed by atoms with van der Waals surface area (Å²) in [6, 6.07) is 0.